The van der Waals surface area contributed by atoms with Crippen molar-refractivity contribution in [2.75, 3.05) is 18.8 Å². The van der Waals surface area contributed by atoms with Gasteiger partial charge in [0.15, 0.2) is 0 Å². The largest absolute Gasteiger partial charge is 0.338 e. The van der Waals surface area contributed by atoms with Gasteiger partial charge in [0, 0.05) is 35.8 Å². The van der Waals surface area contributed by atoms with E-state index in [9.17, 15) is 4.79 Å². The summed E-state index contributed by atoms with van der Waals surface area (Å²) in [4.78, 5) is 15.8. The van der Waals surface area contributed by atoms with Gasteiger partial charge in [0.1, 0.15) is 0 Å². The molecule has 0 aromatic heterocycles. The Kier molecular flexibility index (Phi) is 5.36. The van der Waals surface area contributed by atoms with Crippen LogP contribution in [0, 0.1) is 5.92 Å². The molecule has 0 spiro atoms. The maximum Gasteiger partial charge on any atom is 0.253 e. The molecule has 2 N–H and O–H groups in total. The topological polar surface area (TPSA) is 46.3 Å². The fourth-order valence-electron chi connectivity index (χ4n) is 2.85. The van der Waals surface area contributed by atoms with Gasteiger partial charge >= 0.3 is 0 Å². The second-order valence-corrected chi connectivity index (χ2v) is 7.02. The number of likely N-dealkylation sites (tertiary alicyclic amines) is 1. The lowest BCUT2D eigenvalue weighted by Gasteiger charge is -2.17. The molecular formula is C19H22N2OS. The summed E-state index contributed by atoms with van der Waals surface area (Å²) in [6, 6.07) is 18.1. The third-order valence-corrected chi connectivity index (χ3v) is 5.48. The van der Waals surface area contributed by atoms with E-state index < -0.39 is 0 Å². The SMILES string of the molecule is NCc1ccc(C(=O)N2CCC(CSc3ccccc3)C2)cc1. The zero-order valence-electron chi connectivity index (χ0n) is 13.2. The van der Waals surface area contributed by atoms with E-state index in [1.54, 1.807) is 0 Å². The Bertz CT molecular complexity index is 642. The number of hydrogen-bond donors (Lipinski definition) is 1. The number of thioether (sulfide) groups is 1. The molecule has 0 aliphatic carbocycles. The van der Waals surface area contributed by atoms with E-state index in [0.717, 1.165) is 36.4 Å². The van der Waals surface area contributed by atoms with Crippen molar-refractivity contribution in [1.82, 2.24) is 4.90 Å². The lowest BCUT2D eigenvalue weighted by Crippen LogP contribution is -2.29. The van der Waals surface area contributed by atoms with Gasteiger partial charge < -0.3 is 10.6 Å². The van der Waals surface area contributed by atoms with Crippen LogP contribution in [-0.4, -0.2) is 29.6 Å². The van der Waals surface area contributed by atoms with Crippen molar-refractivity contribution < 1.29 is 4.79 Å². The quantitative estimate of drug-likeness (QED) is 0.857. The molecule has 4 heteroatoms. The highest BCUT2D eigenvalue weighted by Gasteiger charge is 2.26. The van der Waals surface area contributed by atoms with Crippen molar-refractivity contribution in [2.45, 2.75) is 17.9 Å². The fourth-order valence-corrected chi connectivity index (χ4v) is 3.90. The van der Waals surface area contributed by atoms with Crippen LogP contribution in [-0.2, 0) is 6.54 Å². The molecule has 1 amide bonds. The zero-order valence-corrected chi connectivity index (χ0v) is 14.0. The lowest BCUT2D eigenvalue weighted by molar-refractivity contribution is 0.0788. The molecule has 2 aromatic rings. The van der Waals surface area contributed by atoms with E-state index in [2.05, 4.69) is 24.3 Å². The summed E-state index contributed by atoms with van der Waals surface area (Å²) in [7, 11) is 0. The fraction of sp³-hybridized carbons (Fsp3) is 0.316. The smallest absolute Gasteiger partial charge is 0.253 e. The monoisotopic (exact) mass is 326 g/mol. The van der Waals surface area contributed by atoms with Crippen LogP contribution in [0.1, 0.15) is 22.3 Å². The third-order valence-electron chi connectivity index (χ3n) is 4.24. The van der Waals surface area contributed by atoms with Crippen molar-refractivity contribution in [1.29, 1.82) is 0 Å². The molecule has 1 heterocycles. The van der Waals surface area contributed by atoms with Crippen LogP contribution in [0.4, 0.5) is 0 Å². The normalized spacial score (nSPS) is 17.4. The number of hydrogen-bond acceptors (Lipinski definition) is 3. The second-order valence-electron chi connectivity index (χ2n) is 5.93. The number of amides is 1. The molecule has 2 aromatic carbocycles. The van der Waals surface area contributed by atoms with E-state index in [1.165, 1.54) is 4.90 Å². The van der Waals surface area contributed by atoms with Crippen LogP contribution in [0.25, 0.3) is 0 Å². The first-order chi connectivity index (χ1) is 11.3. The van der Waals surface area contributed by atoms with Crippen molar-refractivity contribution >= 4 is 17.7 Å². The highest BCUT2D eigenvalue weighted by atomic mass is 32.2. The van der Waals surface area contributed by atoms with Crippen LogP contribution in [0.2, 0.25) is 0 Å². The molecule has 1 fully saturated rings. The van der Waals surface area contributed by atoms with Crippen molar-refractivity contribution in [3.05, 3.63) is 65.7 Å². The molecule has 120 valence electrons. The van der Waals surface area contributed by atoms with Gasteiger partial charge in [-0.3, -0.25) is 4.79 Å². The minimum Gasteiger partial charge on any atom is -0.338 e. The minimum atomic E-state index is 0.140. The van der Waals surface area contributed by atoms with Crippen molar-refractivity contribution in [2.24, 2.45) is 11.7 Å². The first kappa shape index (κ1) is 16.1. The highest BCUT2D eigenvalue weighted by molar-refractivity contribution is 7.99. The summed E-state index contributed by atoms with van der Waals surface area (Å²) in [5.41, 5.74) is 7.42. The predicted octanol–water partition coefficient (Wildman–Crippen LogP) is 3.40. The van der Waals surface area contributed by atoms with Crippen molar-refractivity contribution in [3.63, 3.8) is 0 Å². The maximum atomic E-state index is 12.6. The Morgan fingerprint density at radius 1 is 1.13 bits per heavy atom. The average Bonchev–Trinajstić information content (AvgIpc) is 3.09. The summed E-state index contributed by atoms with van der Waals surface area (Å²) >= 11 is 1.88. The number of nitrogens with two attached hydrogens (primary N) is 1. The van der Waals surface area contributed by atoms with Gasteiger partial charge in [0.2, 0.25) is 0 Å². The minimum absolute atomic E-state index is 0.140. The van der Waals surface area contributed by atoms with E-state index >= 15 is 0 Å². The van der Waals surface area contributed by atoms with E-state index in [1.807, 2.05) is 47.0 Å². The zero-order chi connectivity index (χ0) is 16.1. The molecule has 0 bridgehead atoms. The van der Waals surface area contributed by atoms with E-state index in [-0.39, 0.29) is 5.91 Å². The summed E-state index contributed by atoms with van der Waals surface area (Å²) in [6.07, 6.45) is 1.09. The Labute approximate surface area is 141 Å². The van der Waals surface area contributed by atoms with Gasteiger partial charge in [-0.2, -0.15) is 0 Å². The second kappa shape index (κ2) is 7.66. The average molecular weight is 326 g/mol. The van der Waals surface area contributed by atoms with Gasteiger partial charge in [0.05, 0.1) is 0 Å². The Balaban J connectivity index is 1.53. The van der Waals surface area contributed by atoms with Crippen molar-refractivity contribution in [3.8, 4) is 0 Å². The molecule has 1 saturated heterocycles. The molecule has 1 unspecified atom stereocenters. The first-order valence-electron chi connectivity index (χ1n) is 8.02. The van der Waals surface area contributed by atoms with Gasteiger partial charge in [0.25, 0.3) is 5.91 Å². The third kappa shape index (κ3) is 4.15. The Morgan fingerprint density at radius 3 is 2.57 bits per heavy atom. The molecule has 3 nitrogen and oxygen atoms in total. The predicted molar refractivity (Wildman–Crippen MR) is 95.5 cm³/mol. The molecule has 1 aliphatic heterocycles. The van der Waals surface area contributed by atoms with Gasteiger partial charge in [-0.05, 0) is 42.2 Å². The maximum absolute atomic E-state index is 12.6. The molecule has 3 rings (SSSR count). The van der Waals surface area contributed by atoms with Crippen LogP contribution in [0.3, 0.4) is 0 Å². The Hall–Kier alpha value is -1.78. The van der Waals surface area contributed by atoms with Gasteiger partial charge in [-0.1, -0.05) is 30.3 Å². The number of nitrogens with zero attached hydrogens (tertiary/aromatic N) is 1. The number of rotatable bonds is 5. The molecular weight excluding hydrogens is 304 g/mol. The number of benzene rings is 2. The van der Waals surface area contributed by atoms with E-state index in [4.69, 9.17) is 5.73 Å². The molecule has 0 radical (unpaired) electrons. The van der Waals surface area contributed by atoms with Crippen LogP contribution >= 0.6 is 11.8 Å². The number of carbonyl (C=O) groups excluding carboxylic acids is 1. The van der Waals surface area contributed by atoms with Crippen LogP contribution in [0.5, 0.6) is 0 Å². The van der Waals surface area contributed by atoms with Gasteiger partial charge in [-0.15, -0.1) is 11.8 Å². The van der Waals surface area contributed by atoms with Gasteiger partial charge in [-0.25, -0.2) is 0 Å². The summed E-state index contributed by atoms with van der Waals surface area (Å²) in [6.45, 7) is 2.23. The molecule has 0 saturated carbocycles. The first-order valence-corrected chi connectivity index (χ1v) is 9.01. The Morgan fingerprint density at radius 2 is 1.87 bits per heavy atom. The summed E-state index contributed by atoms with van der Waals surface area (Å²) in [5.74, 6) is 1.79. The lowest BCUT2D eigenvalue weighted by atomic mass is 10.1. The van der Waals surface area contributed by atoms with Crippen LogP contribution in [0.15, 0.2) is 59.5 Å². The summed E-state index contributed by atoms with van der Waals surface area (Å²) in [5, 5.41) is 0. The molecule has 1 aliphatic rings. The molecule has 1 atom stereocenters. The standard InChI is InChI=1S/C19H22N2OS/c20-12-15-6-8-17(9-7-15)19(22)21-11-10-16(13-21)14-23-18-4-2-1-3-5-18/h1-9,16H,10-14,20H2. The highest BCUT2D eigenvalue weighted by Crippen LogP contribution is 2.26. The number of carbonyl (C=O) groups is 1. The van der Waals surface area contributed by atoms with E-state index in [0.29, 0.717) is 12.5 Å². The van der Waals surface area contributed by atoms with Crippen LogP contribution < -0.4 is 5.73 Å². The molecule has 23 heavy (non-hydrogen) atoms. The summed E-state index contributed by atoms with van der Waals surface area (Å²) < 4.78 is 0.